The molecule has 0 fully saturated rings. The third-order valence-electron chi connectivity index (χ3n) is 2.50. The molecule has 1 amide bonds. The minimum Gasteiger partial charge on any atom is -0.480 e. The molecule has 0 radical (unpaired) electrons. The van der Waals surface area contributed by atoms with E-state index in [1.54, 1.807) is 0 Å². The number of aliphatic carboxylic acids is 1. The molecule has 0 aliphatic rings. The van der Waals surface area contributed by atoms with E-state index in [1.165, 1.54) is 11.8 Å². The Morgan fingerprint density at radius 1 is 1.50 bits per heavy atom. The summed E-state index contributed by atoms with van der Waals surface area (Å²) in [6, 6.07) is -0.801. The Morgan fingerprint density at radius 2 is 2.17 bits per heavy atom. The fraction of sp³-hybridized carbons (Fsp3) is 0.667. The zero-order valence-electron chi connectivity index (χ0n) is 10.8. The van der Waals surface area contributed by atoms with Crippen molar-refractivity contribution in [3.05, 3.63) is 11.5 Å². The number of nitrogens with one attached hydrogen (secondary N) is 1. The molecule has 2 unspecified atom stereocenters. The number of carbonyl (C=O) groups is 2. The average Bonchev–Trinajstić information content (AvgIpc) is 2.34. The van der Waals surface area contributed by atoms with Gasteiger partial charge in [0.2, 0.25) is 5.91 Å². The Morgan fingerprint density at radius 3 is 2.67 bits per heavy atom. The van der Waals surface area contributed by atoms with E-state index < -0.39 is 12.0 Å². The van der Waals surface area contributed by atoms with Crippen LogP contribution in [0.3, 0.4) is 0 Å². The van der Waals surface area contributed by atoms with Crippen molar-refractivity contribution in [1.29, 1.82) is 0 Å². The second-order valence-corrected chi connectivity index (χ2v) is 5.31. The molecular weight excluding hydrogens is 270 g/mol. The summed E-state index contributed by atoms with van der Waals surface area (Å²) in [7, 11) is 0. The molecule has 0 aliphatic heterocycles. The average molecular weight is 291 g/mol. The number of carbonyl (C=O) groups excluding carboxylic acids is 1. The Balaban J connectivity index is 4.07. The SMILES string of the molecule is CCC(C)C(NC(=O)CS/C=C/CCS)C(=O)O. The van der Waals surface area contributed by atoms with Crippen molar-refractivity contribution in [2.45, 2.75) is 32.7 Å². The molecule has 0 aromatic carbocycles. The van der Waals surface area contributed by atoms with Gasteiger partial charge >= 0.3 is 5.97 Å². The van der Waals surface area contributed by atoms with Crippen LogP contribution in [0.15, 0.2) is 11.5 Å². The molecule has 2 N–H and O–H groups in total. The topological polar surface area (TPSA) is 66.4 Å². The molecule has 0 aromatic heterocycles. The van der Waals surface area contributed by atoms with E-state index in [0.29, 0.717) is 6.42 Å². The van der Waals surface area contributed by atoms with Crippen molar-refractivity contribution < 1.29 is 14.7 Å². The highest BCUT2D eigenvalue weighted by Gasteiger charge is 2.24. The second kappa shape index (κ2) is 10.3. The van der Waals surface area contributed by atoms with Gasteiger partial charge in [0, 0.05) is 0 Å². The fourth-order valence-electron chi connectivity index (χ4n) is 1.23. The van der Waals surface area contributed by atoms with E-state index in [2.05, 4.69) is 17.9 Å². The lowest BCUT2D eigenvalue weighted by atomic mass is 9.99. The number of carboxylic acids is 1. The van der Waals surface area contributed by atoms with Crippen molar-refractivity contribution >= 4 is 36.3 Å². The van der Waals surface area contributed by atoms with Gasteiger partial charge in [-0.3, -0.25) is 4.79 Å². The molecule has 0 rings (SSSR count). The molecule has 0 saturated heterocycles. The van der Waals surface area contributed by atoms with Gasteiger partial charge < -0.3 is 10.4 Å². The first-order valence-corrected chi connectivity index (χ1v) is 7.60. The summed E-state index contributed by atoms with van der Waals surface area (Å²) < 4.78 is 0. The first-order chi connectivity index (χ1) is 8.52. The molecular formula is C12H21NO3S2. The maximum Gasteiger partial charge on any atom is 0.326 e. The third kappa shape index (κ3) is 7.66. The molecule has 0 spiro atoms. The quantitative estimate of drug-likeness (QED) is 0.570. The van der Waals surface area contributed by atoms with E-state index in [9.17, 15) is 9.59 Å². The number of hydrogen-bond donors (Lipinski definition) is 3. The standard InChI is InChI=1S/C12H21NO3S2/c1-3-9(2)11(12(15)16)13-10(14)8-18-7-5-4-6-17/h5,7,9,11,17H,3-4,6,8H2,1-2H3,(H,13,14)(H,15,16)/b7-5+. The van der Waals surface area contributed by atoms with Crippen LogP contribution in [0.5, 0.6) is 0 Å². The van der Waals surface area contributed by atoms with E-state index in [4.69, 9.17) is 5.11 Å². The van der Waals surface area contributed by atoms with Gasteiger partial charge in [0.1, 0.15) is 6.04 Å². The number of amides is 1. The molecule has 6 heteroatoms. The number of thioether (sulfide) groups is 1. The van der Waals surface area contributed by atoms with Crippen LogP contribution in [0.4, 0.5) is 0 Å². The van der Waals surface area contributed by atoms with Gasteiger partial charge in [0.15, 0.2) is 0 Å². The van der Waals surface area contributed by atoms with Crippen molar-refractivity contribution in [2.24, 2.45) is 5.92 Å². The zero-order valence-corrected chi connectivity index (χ0v) is 12.5. The third-order valence-corrected chi connectivity index (χ3v) is 3.57. The number of thiol groups is 1. The maximum atomic E-state index is 11.6. The van der Waals surface area contributed by atoms with E-state index in [0.717, 1.165) is 12.2 Å². The predicted molar refractivity (Wildman–Crippen MR) is 79.1 cm³/mol. The van der Waals surface area contributed by atoms with Crippen LogP contribution >= 0.6 is 24.4 Å². The summed E-state index contributed by atoms with van der Waals surface area (Å²) in [5, 5.41) is 13.4. The number of hydrogen-bond acceptors (Lipinski definition) is 4. The number of rotatable bonds is 9. The number of allylic oxidation sites excluding steroid dienone is 1. The molecule has 4 nitrogen and oxygen atoms in total. The summed E-state index contributed by atoms with van der Waals surface area (Å²) in [5.74, 6) is -0.283. The molecule has 0 aliphatic carbocycles. The highest BCUT2D eigenvalue weighted by atomic mass is 32.2. The smallest absolute Gasteiger partial charge is 0.326 e. The van der Waals surface area contributed by atoms with Gasteiger partial charge in [-0.25, -0.2) is 4.79 Å². The normalized spacial score (nSPS) is 14.4. The van der Waals surface area contributed by atoms with E-state index in [1.807, 2.05) is 25.3 Å². The molecule has 104 valence electrons. The van der Waals surface area contributed by atoms with Crippen LogP contribution in [-0.2, 0) is 9.59 Å². The maximum absolute atomic E-state index is 11.6. The van der Waals surface area contributed by atoms with Crippen LogP contribution in [0.25, 0.3) is 0 Å². The first-order valence-electron chi connectivity index (χ1n) is 5.92. The van der Waals surface area contributed by atoms with E-state index >= 15 is 0 Å². The Hall–Kier alpha value is -0.620. The van der Waals surface area contributed by atoms with Gasteiger partial charge in [-0.2, -0.15) is 12.6 Å². The Bertz CT molecular complexity index is 295. The summed E-state index contributed by atoms with van der Waals surface area (Å²) >= 11 is 5.41. The summed E-state index contributed by atoms with van der Waals surface area (Å²) in [4.78, 5) is 22.6. The minimum absolute atomic E-state index is 0.0730. The van der Waals surface area contributed by atoms with Crippen molar-refractivity contribution in [3.8, 4) is 0 Å². The van der Waals surface area contributed by atoms with Gasteiger partial charge in [0.05, 0.1) is 5.75 Å². The van der Waals surface area contributed by atoms with Crippen LogP contribution in [-0.4, -0.2) is 34.5 Å². The zero-order chi connectivity index (χ0) is 14.0. The monoisotopic (exact) mass is 291 g/mol. The summed E-state index contributed by atoms with van der Waals surface area (Å²) in [6.45, 7) is 3.72. The van der Waals surface area contributed by atoms with Gasteiger partial charge in [-0.15, -0.1) is 11.8 Å². The lowest BCUT2D eigenvalue weighted by Gasteiger charge is -2.19. The van der Waals surface area contributed by atoms with Crippen LogP contribution < -0.4 is 5.32 Å². The molecule has 2 atom stereocenters. The lowest BCUT2D eigenvalue weighted by Crippen LogP contribution is -2.45. The van der Waals surface area contributed by atoms with E-state index in [-0.39, 0.29) is 17.6 Å². The molecule has 0 heterocycles. The van der Waals surface area contributed by atoms with Gasteiger partial charge in [-0.05, 0) is 23.5 Å². The Labute approximate surface area is 118 Å². The first kappa shape index (κ1) is 17.4. The van der Waals surface area contributed by atoms with Crippen LogP contribution in [0.2, 0.25) is 0 Å². The molecule has 18 heavy (non-hydrogen) atoms. The van der Waals surface area contributed by atoms with Crippen molar-refractivity contribution in [3.63, 3.8) is 0 Å². The van der Waals surface area contributed by atoms with Crippen LogP contribution in [0.1, 0.15) is 26.7 Å². The van der Waals surface area contributed by atoms with Crippen LogP contribution in [0, 0.1) is 5.92 Å². The molecule has 0 aromatic rings. The van der Waals surface area contributed by atoms with Gasteiger partial charge in [0.25, 0.3) is 0 Å². The minimum atomic E-state index is -0.978. The highest BCUT2D eigenvalue weighted by Crippen LogP contribution is 2.09. The second-order valence-electron chi connectivity index (χ2n) is 3.96. The number of carboxylic acid groups (broad SMARTS) is 1. The lowest BCUT2D eigenvalue weighted by molar-refractivity contribution is -0.143. The summed E-state index contributed by atoms with van der Waals surface area (Å²) in [5.41, 5.74) is 0. The fourth-order valence-corrected chi connectivity index (χ4v) is 1.98. The predicted octanol–water partition coefficient (Wildman–Crippen LogP) is 2.17. The van der Waals surface area contributed by atoms with Gasteiger partial charge in [-0.1, -0.05) is 26.3 Å². The Kier molecular flexibility index (Phi) is 9.96. The van der Waals surface area contributed by atoms with Crippen molar-refractivity contribution in [1.82, 2.24) is 5.32 Å². The summed E-state index contributed by atoms with van der Waals surface area (Å²) in [6.07, 6.45) is 3.52. The molecule has 0 saturated carbocycles. The molecule has 0 bridgehead atoms. The van der Waals surface area contributed by atoms with Crippen molar-refractivity contribution in [2.75, 3.05) is 11.5 Å². The largest absolute Gasteiger partial charge is 0.480 e. The highest BCUT2D eigenvalue weighted by molar-refractivity contribution is 8.02.